The highest BCUT2D eigenvalue weighted by atomic mass is 35.5. The van der Waals surface area contributed by atoms with Crippen molar-refractivity contribution in [2.45, 2.75) is 46.7 Å². The number of nitrogens with one attached hydrogen (secondary N) is 1. The Morgan fingerprint density at radius 1 is 1.24 bits per heavy atom. The van der Waals surface area contributed by atoms with Crippen molar-refractivity contribution in [1.82, 2.24) is 9.78 Å². The Morgan fingerprint density at radius 2 is 1.90 bits per heavy atom. The molecule has 1 heterocycles. The van der Waals surface area contributed by atoms with E-state index in [-0.39, 0.29) is 11.9 Å². The van der Waals surface area contributed by atoms with Crippen molar-refractivity contribution >= 4 is 17.3 Å². The van der Waals surface area contributed by atoms with Gasteiger partial charge in [-0.05, 0) is 52.3 Å². The molecule has 0 saturated heterocycles. The average Bonchev–Trinajstić information content (AvgIpc) is 2.66. The molecular formula is C16H21ClFN3. The van der Waals surface area contributed by atoms with Crippen molar-refractivity contribution in [3.05, 3.63) is 46.0 Å². The van der Waals surface area contributed by atoms with Crippen LogP contribution in [0.15, 0.2) is 18.2 Å². The van der Waals surface area contributed by atoms with Crippen molar-refractivity contribution in [2.24, 2.45) is 0 Å². The number of hydrogen-bond acceptors (Lipinski definition) is 2. The van der Waals surface area contributed by atoms with Crippen molar-refractivity contribution in [2.75, 3.05) is 5.32 Å². The average molecular weight is 310 g/mol. The highest BCUT2D eigenvalue weighted by molar-refractivity contribution is 6.31. The molecule has 1 aromatic heterocycles. The van der Waals surface area contributed by atoms with E-state index in [1.165, 1.54) is 12.1 Å². The minimum Gasteiger partial charge on any atom is -0.375 e. The van der Waals surface area contributed by atoms with Crippen molar-refractivity contribution in [3.8, 4) is 0 Å². The van der Waals surface area contributed by atoms with E-state index < -0.39 is 0 Å². The van der Waals surface area contributed by atoms with E-state index in [1.54, 1.807) is 6.07 Å². The zero-order valence-corrected chi connectivity index (χ0v) is 13.8. The van der Waals surface area contributed by atoms with Gasteiger partial charge in [-0.1, -0.05) is 17.7 Å². The first-order valence-electron chi connectivity index (χ1n) is 7.08. The molecule has 1 aromatic carbocycles. The second kappa shape index (κ2) is 6.06. The lowest BCUT2D eigenvalue weighted by atomic mass is 10.1. The van der Waals surface area contributed by atoms with Crippen LogP contribution >= 0.6 is 11.6 Å². The first-order chi connectivity index (χ1) is 9.81. The third-order valence-corrected chi connectivity index (χ3v) is 3.93. The van der Waals surface area contributed by atoms with Crippen LogP contribution in [0.3, 0.4) is 0 Å². The summed E-state index contributed by atoms with van der Waals surface area (Å²) in [5, 5.41) is 8.43. The number of benzene rings is 1. The summed E-state index contributed by atoms with van der Waals surface area (Å²) in [6.45, 7) is 10.2. The van der Waals surface area contributed by atoms with E-state index in [0.29, 0.717) is 11.1 Å². The highest BCUT2D eigenvalue weighted by Gasteiger charge is 2.17. The normalized spacial score (nSPS) is 12.8. The zero-order valence-electron chi connectivity index (χ0n) is 13.0. The van der Waals surface area contributed by atoms with Crippen LogP contribution in [0.5, 0.6) is 0 Å². The molecule has 1 atom stereocenters. The maximum absolute atomic E-state index is 13.1. The molecule has 0 saturated carbocycles. The Kier molecular flexibility index (Phi) is 4.57. The van der Waals surface area contributed by atoms with Gasteiger partial charge in [0.25, 0.3) is 0 Å². The molecule has 3 nitrogen and oxygen atoms in total. The van der Waals surface area contributed by atoms with Crippen molar-refractivity contribution in [1.29, 1.82) is 0 Å². The quantitative estimate of drug-likeness (QED) is 0.856. The number of rotatable bonds is 4. The molecule has 0 spiro atoms. The fourth-order valence-electron chi connectivity index (χ4n) is 2.52. The Labute approximate surface area is 130 Å². The van der Waals surface area contributed by atoms with Gasteiger partial charge in [0.15, 0.2) is 0 Å². The van der Waals surface area contributed by atoms with Gasteiger partial charge >= 0.3 is 0 Å². The molecule has 0 aliphatic heterocycles. The standard InChI is InChI=1S/C16H21ClFN3/c1-9(2)21-12(5)16(11(4)20-21)19-10(3)14-7-6-13(18)8-15(14)17/h6-10,19H,1-5H3. The third kappa shape index (κ3) is 3.21. The van der Waals surface area contributed by atoms with Crippen LogP contribution in [0.25, 0.3) is 0 Å². The summed E-state index contributed by atoms with van der Waals surface area (Å²) in [4.78, 5) is 0. The number of aromatic nitrogens is 2. The highest BCUT2D eigenvalue weighted by Crippen LogP contribution is 2.30. The summed E-state index contributed by atoms with van der Waals surface area (Å²) in [5.41, 5.74) is 3.92. The zero-order chi connectivity index (χ0) is 15.7. The maximum Gasteiger partial charge on any atom is 0.124 e. The number of nitrogens with zero attached hydrogens (tertiary/aromatic N) is 2. The largest absolute Gasteiger partial charge is 0.375 e. The minimum absolute atomic E-state index is 0.0275. The molecule has 0 bridgehead atoms. The predicted octanol–water partition coefficient (Wildman–Crippen LogP) is 5.05. The maximum atomic E-state index is 13.1. The summed E-state index contributed by atoms with van der Waals surface area (Å²) in [5.74, 6) is -0.323. The third-order valence-electron chi connectivity index (χ3n) is 3.60. The summed E-state index contributed by atoms with van der Waals surface area (Å²) in [6.07, 6.45) is 0. The molecule has 0 fully saturated rings. The van der Waals surface area contributed by atoms with Gasteiger partial charge in [0.05, 0.1) is 23.1 Å². The second-order valence-corrected chi connectivity index (χ2v) is 6.02. The van der Waals surface area contributed by atoms with Crippen molar-refractivity contribution in [3.63, 3.8) is 0 Å². The van der Waals surface area contributed by atoms with Crippen LogP contribution in [0.2, 0.25) is 5.02 Å². The van der Waals surface area contributed by atoms with Crippen LogP contribution in [-0.4, -0.2) is 9.78 Å². The lowest BCUT2D eigenvalue weighted by Gasteiger charge is -2.18. The van der Waals surface area contributed by atoms with Crippen LogP contribution in [0, 0.1) is 19.7 Å². The van der Waals surface area contributed by atoms with E-state index in [9.17, 15) is 4.39 Å². The fraction of sp³-hybridized carbons (Fsp3) is 0.438. The SMILES string of the molecule is Cc1nn(C(C)C)c(C)c1NC(C)c1ccc(F)cc1Cl. The van der Waals surface area contributed by atoms with Gasteiger partial charge in [0.2, 0.25) is 0 Å². The molecule has 0 amide bonds. The number of hydrogen-bond donors (Lipinski definition) is 1. The molecule has 2 rings (SSSR count). The number of aryl methyl sites for hydroxylation is 1. The van der Waals surface area contributed by atoms with Crippen LogP contribution in [0.1, 0.15) is 49.8 Å². The summed E-state index contributed by atoms with van der Waals surface area (Å²) in [6, 6.07) is 4.76. The number of halogens is 2. The Morgan fingerprint density at radius 3 is 2.43 bits per heavy atom. The van der Waals surface area contributed by atoms with Gasteiger partial charge in [0.1, 0.15) is 5.82 Å². The number of anilines is 1. The van der Waals surface area contributed by atoms with E-state index in [2.05, 4.69) is 24.3 Å². The minimum atomic E-state index is -0.323. The summed E-state index contributed by atoms with van der Waals surface area (Å²) in [7, 11) is 0. The van der Waals surface area contributed by atoms with Crippen molar-refractivity contribution < 1.29 is 4.39 Å². The van der Waals surface area contributed by atoms with Gasteiger partial charge in [-0.25, -0.2) is 4.39 Å². The van der Waals surface area contributed by atoms with Gasteiger partial charge in [-0.2, -0.15) is 5.10 Å². The molecule has 2 aromatic rings. The Balaban J connectivity index is 2.29. The lowest BCUT2D eigenvalue weighted by molar-refractivity contribution is 0.516. The summed E-state index contributed by atoms with van der Waals surface area (Å²) >= 11 is 6.13. The van der Waals surface area contributed by atoms with E-state index in [0.717, 1.165) is 22.6 Å². The van der Waals surface area contributed by atoms with Gasteiger partial charge in [-0.3, -0.25) is 4.68 Å². The first-order valence-corrected chi connectivity index (χ1v) is 7.46. The van der Waals surface area contributed by atoms with Crippen LogP contribution < -0.4 is 5.32 Å². The van der Waals surface area contributed by atoms with E-state index >= 15 is 0 Å². The smallest absolute Gasteiger partial charge is 0.124 e. The van der Waals surface area contributed by atoms with Gasteiger partial charge in [-0.15, -0.1) is 0 Å². The van der Waals surface area contributed by atoms with Crippen LogP contribution in [-0.2, 0) is 0 Å². The van der Waals surface area contributed by atoms with E-state index in [1.807, 2.05) is 25.5 Å². The molecular weight excluding hydrogens is 289 g/mol. The van der Waals surface area contributed by atoms with Crippen LogP contribution in [0.4, 0.5) is 10.1 Å². The topological polar surface area (TPSA) is 29.9 Å². The van der Waals surface area contributed by atoms with Gasteiger partial charge < -0.3 is 5.32 Å². The molecule has 21 heavy (non-hydrogen) atoms. The molecule has 0 aliphatic carbocycles. The molecule has 0 aliphatic rings. The molecule has 0 radical (unpaired) electrons. The summed E-state index contributed by atoms with van der Waals surface area (Å²) < 4.78 is 15.1. The monoisotopic (exact) mass is 309 g/mol. The molecule has 5 heteroatoms. The molecule has 1 unspecified atom stereocenters. The van der Waals surface area contributed by atoms with Gasteiger partial charge in [0, 0.05) is 11.1 Å². The fourth-order valence-corrected chi connectivity index (χ4v) is 2.85. The Bertz CT molecular complexity index is 649. The second-order valence-electron chi connectivity index (χ2n) is 5.62. The molecule has 114 valence electrons. The first kappa shape index (κ1) is 15.8. The molecule has 1 N–H and O–H groups in total. The predicted molar refractivity (Wildman–Crippen MR) is 85.5 cm³/mol. The van der Waals surface area contributed by atoms with E-state index in [4.69, 9.17) is 11.6 Å². The Hall–Kier alpha value is -1.55. The lowest BCUT2D eigenvalue weighted by Crippen LogP contribution is -2.10.